The van der Waals surface area contributed by atoms with Crippen molar-refractivity contribution in [3.05, 3.63) is 47.2 Å². The predicted octanol–water partition coefficient (Wildman–Crippen LogP) is 2.67. The highest BCUT2D eigenvalue weighted by atomic mass is 32.2. The van der Waals surface area contributed by atoms with Crippen LogP contribution in [0, 0.1) is 6.92 Å². The van der Waals surface area contributed by atoms with Crippen molar-refractivity contribution in [2.75, 3.05) is 12.4 Å². The topological polar surface area (TPSA) is 71.3 Å². The second-order valence-corrected chi connectivity index (χ2v) is 6.56. The molecule has 1 aromatic carbocycles. The van der Waals surface area contributed by atoms with Crippen LogP contribution in [0.4, 0.5) is 5.69 Å². The van der Waals surface area contributed by atoms with Crippen LogP contribution >= 0.6 is 0 Å². The molecule has 0 atom stereocenters. The van der Waals surface area contributed by atoms with Gasteiger partial charge in [0.05, 0.1) is 6.54 Å². The number of anilines is 1. The van der Waals surface area contributed by atoms with Gasteiger partial charge in [-0.3, -0.25) is 0 Å². The number of rotatable bonds is 6. The van der Waals surface area contributed by atoms with E-state index in [2.05, 4.69) is 23.0 Å². The molecule has 0 saturated carbocycles. The van der Waals surface area contributed by atoms with E-state index in [-0.39, 0.29) is 5.09 Å². The van der Waals surface area contributed by atoms with E-state index in [0.717, 1.165) is 17.7 Å². The molecule has 0 fully saturated rings. The predicted molar refractivity (Wildman–Crippen MR) is 82.8 cm³/mol. The van der Waals surface area contributed by atoms with Gasteiger partial charge in [-0.05, 0) is 43.7 Å². The summed E-state index contributed by atoms with van der Waals surface area (Å²) >= 11 is 0. The third-order valence-electron chi connectivity index (χ3n) is 3.35. The number of nitrogens with one attached hydrogen (secondary N) is 2. The molecule has 0 aliphatic rings. The molecule has 1 aromatic heterocycles. The lowest BCUT2D eigenvalue weighted by atomic mass is 10.1. The van der Waals surface area contributed by atoms with Gasteiger partial charge in [0, 0.05) is 5.69 Å². The lowest BCUT2D eigenvalue weighted by Crippen LogP contribution is -2.17. The van der Waals surface area contributed by atoms with E-state index in [1.54, 1.807) is 6.07 Å². The normalized spacial score (nSPS) is 11.6. The van der Waals surface area contributed by atoms with E-state index < -0.39 is 10.0 Å². The fourth-order valence-electron chi connectivity index (χ4n) is 2.15. The molecule has 0 saturated heterocycles. The largest absolute Gasteiger partial charge is 0.446 e. The summed E-state index contributed by atoms with van der Waals surface area (Å²) in [5.41, 5.74) is 3.46. The number of hydrogen-bond donors (Lipinski definition) is 2. The van der Waals surface area contributed by atoms with Crippen molar-refractivity contribution in [2.45, 2.75) is 31.9 Å². The van der Waals surface area contributed by atoms with Crippen LogP contribution in [0.5, 0.6) is 0 Å². The number of para-hydroxylation sites is 1. The zero-order valence-electron chi connectivity index (χ0n) is 12.4. The minimum absolute atomic E-state index is 0.0673. The van der Waals surface area contributed by atoms with E-state index in [1.807, 2.05) is 19.1 Å². The van der Waals surface area contributed by atoms with Crippen molar-refractivity contribution in [1.29, 1.82) is 0 Å². The van der Waals surface area contributed by atoms with Crippen molar-refractivity contribution in [3.63, 3.8) is 0 Å². The number of benzene rings is 1. The van der Waals surface area contributed by atoms with Crippen LogP contribution in [-0.2, 0) is 23.0 Å². The lowest BCUT2D eigenvalue weighted by molar-refractivity contribution is 0.417. The van der Waals surface area contributed by atoms with Gasteiger partial charge in [0.1, 0.15) is 5.76 Å². The lowest BCUT2D eigenvalue weighted by Gasteiger charge is -2.12. The first-order chi connectivity index (χ1) is 9.97. The minimum atomic E-state index is -3.53. The number of hydrogen-bond acceptors (Lipinski definition) is 4. The van der Waals surface area contributed by atoms with E-state index >= 15 is 0 Å². The highest BCUT2D eigenvalue weighted by Crippen LogP contribution is 2.22. The Kier molecular flexibility index (Phi) is 4.69. The molecule has 21 heavy (non-hydrogen) atoms. The van der Waals surface area contributed by atoms with E-state index in [9.17, 15) is 8.42 Å². The summed E-state index contributed by atoms with van der Waals surface area (Å²) in [5, 5.41) is 3.26. The smallest absolute Gasteiger partial charge is 0.273 e. The van der Waals surface area contributed by atoms with Gasteiger partial charge in [-0.25, -0.2) is 13.1 Å². The zero-order chi connectivity index (χ0) is 15.5. The Morgan fingerprint density at radius 1 is 1.19 bits per heavy atom. The molecule has 2 aromatic rings. The van der Waals surface area contributed by atoms with Crippen LogP contribution < -0.4 is 10.0 Å². The fourth-order valence-corrected chi connectivity index (χ4v) is 2.81. The van der Waals surface area contributed by atoms with Crippen molar-refractivity contribution in [3.8, 4) is 0 Å². The average molecular weight is 308 g/mol. The van der Waals surface area contributed by atoms with Crippen molar-refractivity contribution in [2.24, 2.45) is 0 Å². The maximum absolute atomic E-state index is 11.6. The minimum Gasteiger partial charge on any atom is -0.446 e. The molecular formula is C15H20N2O3S. The molecule has 0 spiro atoms. The Hall–Kier alpha value is -1.79. The quantitative estimate of drug-likeness (QED) is 0.860. The van der Waals surface area contributed by atoms with E-state index in [0.29, 0.717) is 12.3 Å². The summed E-state index contributed by atoms with van der Waals surface area (Å²) in [6.45, 7) is 4.59. The molecule has 2 N–H and O–H groups in total. The molecule has 0 amide bonds. The highest BCUT2D eigenvalue weighted by Gasteiger charge is 2.16. The van der Waals surface area contributed by atoms with Gasteiger partial charge in [0.15, 0.2) is 0 Å². The molecule has 5 nitrogen and oxygen atoms in total. The van der Waals surface area contributed by atoms with Gasteiger partial charge >= 0.3 is 0 Å². The molecule has 6 heteroatoms. The van der Waals surface area contributed by atoms with Crippen molar-refractivity contribution in [1.82, 2.24) is 4.72 Å². The van der Waals surface area contributed by atoms with Crippen LogP contribution in [0.2, 0.25) is 0 Å². The Morgan fingerprint density at radius 3 is 2.62 bits per heavy atom. The molecule has 0 aliphatic heterocycles. The van der Waals surface area contributed by atoms with Gasteiger partial charge in [0.2, 0.25) is 5.09 Å². The fraction of sp³-hybridized carbons (Fsp3) is 0.333. The molecule has 0 aliphatic carbocycles. The number of aryl methyl sites for hydroxylation is 2. The SMILES string of the molecule is CCc1cccc(C)c1NCc1ccc(S(=O)(=O)NC)o1. The summed E-state index contributed by atoms with van der Waals surface area (Å²) in [4.78, 5) is 0. The van der Waals surface area contributed by atoms with Gasteiger partial charge < -0.3 is 9.73 Å². The number of sulfonamides is 1. The average Bonchev–Trinajstić information content (AvgIpc) is 2.95. The Balaban J connectivity index is 2.15. The summed E-state index contributed by atoms with van der Waals surface area (Å²) in [5.74, 6) is 0.578. The summed E-state index contributed by atoms with van der Waals surface area (Å²) in [6, 6.07) is 9.28. The van der Waals surface area contributed by atoms with Crippen LogP contribution in [-0.4, -0.2) is 15.5 Å². The highest BCUT2D eigenvalue weighted by molar-refractivity contribution is 7.89. The van der Waals surface area contributed by atoms with E-state index in [4.69, 9.17) is 4.42 Å². The molecule has 0 radical (unpaired) electrons. The molecule has 0 unspecified atom stereocenters. The maximum atomic E-state index is 11.6. The van der Waals surface area contributed by atoms with Gasteiger partial charge in [0.25, 0.3) is 10.0 Å². The Bertz CT molecular complexity index is 720. The summed E-state index contributed by atoms with van der Waals surface area (Å²) in [7, 11) is -2.17. The van der Waals surface area contributed by atoms with Gasteiger partial charge in [-0.15, -0.1) is 0 Å². The van der Waals surface area contributed by atoms with Crippen molar-refractivity contribution < 1.29 is 12.8 Å². The second kappa shape index (κ2) is 6.32. The van der Waals surface area contributed by atoms with Crippen LogP contribution in [0.15, 0.2) is 39.8 Å². The van der Waals surface area contributed by atoms with Crippen molar-refractivity contribution >= 4 is 15.7 Å². The van der Waals surface area contributed by atoms with Crippen LogP contribution in [0.25, 0.3) is 0 Å². The van der Waals surface area contributed by atoms with Gasteiger partial charge in [-0.2, -0.15) is 0 Å². The number of furan rings is 1. The first-order valence-electron chi connectivity index (χ1n) is 6.82. The molecule has 1 heterocycles. The zero-order valence-corrected chi connectivity index (χ0v) is 13.3. The Morgan fingerprint density at radius 2 is 1.95 bits per heavy atom. The molecular weight excluding hydrogens is 288 g/mol. The maximum Gasteiger partial charge on any atom is 0.273 e. The molecule has 0 bridgehead atoms. The first kappa shape index (κ1) is 15.6. The first-order valence-corrected chi connectivity index (χ1v) is 8.31. The molecule has 114 valence electrons. The third-order valence-corrected chi connectivity index (χ3v) is 4.64. The Labute approximate surface area is 125 Å². The van der Waals surface area contributed by atoms with Crippen LogP contribution in [0.3, 0.4) is 0 Å². The standard InChI is InChI=1S/C15H20N2O3S/c1-4-12-7-5-6-11(2)15(12)17-10-13-8-9-14(20-13)21(18,19)16-3/h5-9,16-17H,4,10H2,1-3H3. The van der Waals surface area contributed by atoms with E-state index in [1.165, 1.54) is 18.7 Å². The van der Waals surface area contributed by atoms with Gasteiger partial charge in [-0.1, -0.05) is 25.1 Å². The second-order valence-electron chi connectivity index (χ2n) is 4.74. The summed E-state index contributed by atoms with van der Waals surface area (Å²) < 4.78 is 30.8. The van der Waals surface area contributed by atoms with Crippen LogP contribution in [0.1, 0.15) is 23.8 Å². The summed E-state index contributed by atoms with van der Waals surface area (Å²) in [6.07, 6.45) is 0.932. The molecule has 2 rings (SSSR count). The monoisotopic (exact) mass is 308 g/mol. The third kappa shape index (κ3) is 3.46.